The lowest BCUT2D eigenvalue weighted by Gasteiger charge is -2.24. The van der Waals surface area contributed by atoms with Crippen LogP contribution in [0.2, 0.25) is 0 Å². The molecule has 1 aromatic heterocycles. The van der Waals surface area contributed by atoms with Crippen LogP contribution in [0.1, 0.15) is 22.0 Å². The number of carbonyl (C=O) groups excluding carboxylic acids is 1. The molecule has 7 nitrogen and oxygen atoms in total. The second-order valence-corrected chi connectivity index (χ2v) is 6.69. The molecular formula is C21H20F2N4O3. The summed E-state index contributed by atoms with van der Waals surface area (Å²) in [6, 6.07) is 13.6. The van der Waals surface area contributed by atoms with Crippen molar-refractivity contribution in [2.24, 2.45) is 0 Å². The Labute approximate surface area is 171 Å². The molecule has 0 saturated carbocycles. The van der Waals surface area contributed by atoms with Crippen molar-refractivity contribution in [3.63, 3.8) is 0 Å². The van der Waals surface area contributed by atoms with E-state index in [0.717, 1.165) is 18.7 Å². The van der Waals surface area contributed by atoms with E-state index in [1.807, 2.05) is 24.3 Å². The standard InChI is InChI=1S/C21H20F2N4O3/c22-21(23)30-18-3-1-2-17(10-18)27-13-15(11-25-27)20(28)26-16-6-4-14(5-7-16)19-12-24-8-9-29-19/h1-7,10-11,13,19,21,24H,8-9,12H2,(H,26,28). The van der Waals surface area contributed by atoms with Crippen LogP contribution in [0, 0.1) is 0 Å². The van der Waals surface area contributed by atoms with Gasteiger partial charge in [-0.15, -0.1) is 0 Å². The zero-order valence-corrected chi connectivity index (χ0v) is 15.9. The molecule has 1 aliphatic rings. The predicted octanol–water partition coefficient (Wildman–Crippen LogP) is 3.39. The van der Waals surface area contributed by atoms with Gasteiger partial charge in [0.05, 0.1) is 30.2 Å². The number of aromatic nitrogens is 2. The van der Waals surface area contributed by atoms with E-state index in [1.165, 1.54) is 29.2 Å². The number of carbonyl (C=O) groups is 1. The van der Waals surface area contributed by atoms with E-state index in [1.54, 1.807) is 12.1 Å². The number of nitrogens with zero attached hydrogens (tertiary/aromatic N) is 2. The molecule has 0 aliphatic carbocycles. The molecule has 4 rings (SSSR count). The van der Waals surface area contributed by atoms with Crippen molar-refractivity contribution in [2.75, 3.05) is 25.0 Å². The summed E-state index contributed by atoms with van der Waals surface area (Å²) in [5.74, 6) is -0.314. The van der Waals surface area contributed by atoms with Crippen LogP contribution in [0.25, 0.3) is 5.69 Å². The highest BCUT2D eigenvalue weighted by molar-refractivity contribution is 6.04. The Morgan fingerprint density at radius 2 is 2.10 bits per heavy atom. The Hall–Kier alpha value is -3.30. The Kier molecular flexibility index (Phi) is 6.01. The van der Waals surface area contributed by atoms with Crippen LogP contribution in [0.3, 0.4) is 0 Å². The van der Waals surface area contributed by atoms with E-state index in [2.05, 4.69) is 20.5 Å². The van der Waals surface area contributed by atoms with Gasteiger partial charge in [0.25, 0.3) is 5.91 Å². The number of hydrogen-bond acceptors (Lipinski definition) is 5. The molecule has 1 aliphatic heterocycles. The van der Waals surface area contributed by atoms with E-state index in [-0.39, 0.29) is 17.8 Å². The van der Waals surface area contributed by atoms with Crippen LogP contribution in [0.15, 0.2) is 60.9 Å². The summed E-state index contributed by atoms with van der Waals surface area (Å²) in [4.78, 5) is 12.5. The summed E-state index contributed by atoms with van der Waals surface area (Å²) in [5, 5.41) is 10.2. The van der Waals surface area contributed by atoms with Crippen molar-refractivity contribution in [1.82, 2.24) is 15.1 Å². The number of rotatable bonds is 6. The molecule has 1 fully saturated rings. The molecule has 1 saturated heterocycles. The van der Waals surface area contributed by atoms with Gasteiger partial charge in [0.15, 0.2) is 0 Å². The van der Waals surface area contributed by atoms with Gasteiger partial charge in [0.1, 0.15) is 5.75 Å². The fourth-order valence-electron chi connectivity index (χ4n) is 3.15. The maximum Gasteiger partial charge on any atom is 0.387 e. The lowest BCUT2D eigenvalue weighted by Crippen LogP contribution is -2.33. The number of morpholine rings is 1. The minimum atomic E-state index is -2.91. The average Bonchev–Trinajstić information content (AvgIpc) is 3.25. The van der Waals surface area contributed by atoms with Crippen molar-refractivity contribution >= 4 is 11.6 Å². The van der Waals surface area contributed by atoms with E-state index >= 15 is 0 Å². The number of amides is 1. The largest absolute Gasteiger partial charge is 0.435 e. The number of anilines is 1. The third-order valence-corrected chi connectivity index (χ3v) is 4.62. The normalized spacial score (nSPS) is 16.4. The third kappa shape index (κ3) is 4.81. The van der Waals surface area contributed by atoms with Crippen LogP contribution in [-0.4, -0.2) is 42.0 Å². The summed E-state index contributed by atoms with van der Waals surface area (Å²) in [5.41, 5.74) is 2.52. The Bertz CT molecular complexity index is 1000. The predicted molar refractivity (Wildman–Crippen MR) is 106 cm³/mol. The van der Waals surface area contributed by atoms with E-state index < -0.39 is 6.61 Å². The van der Waals surface area contributed by atoms with Gasteiger partial charge in [0.2, 0.25) is 0 Å². The zero-order valence-electron chi connectivity index (χ0n) is 15.9. The first-order valence-corrected chi connectivity index (χ1v) is 9.42. The minimum Gasteiger partial charge on any atom is -0.435 e. The Balaban J connectivity index is 1.42. The van der Waals surface area contributed by atoms with Crippen LogP contribution in [-0.2, 0) is 4.74 Å². The lowest BCUT2D eigenvalue weighted by molar-refractivity contribution is -0.0498. The number of benzene rings is 2. The summed E-state index contributed by atoms with van der Waals surface area (Å²) < 4.78 is 36.3. The van der Waals surface area contributed by atoms with E-state index in [0.29, 0.717) is 23.5 Å². The van der Waals surface area contributed by atoms with Crippen molar-refractivity contribution < 1.29 is 23.0 Å². The molecule has 2 N–H and O–H groups in total. The number of alkyl halides is 2. The molecule has 156 valence electrons. The van der Waals surface area contributed by atoms with Crippen LogP contribution in [0.5, 0.6) is 5.75 Å². The van der Waals surface area contributed by atoms with Crippen LogP contribution < -0.4 is 15.4 Å². The smallest absolute Gasteiger partial charge is 0.387 e. The maximum absolute atomic E-state index is 12.5. The maximum atomic E-state index is 12.5. The molecule has 1 amide bonds. The third-order valence-electron chi connectivity index (χ3n) is 4.62. The fourth-order valence-corrected chi connectivity index (χ4v) is 3.15. The molecule has 2 aromatic carbocycles. The highest BCUT2D eigenvalue weighted by Gasteiger charge is 2.16. The second kappa shape index (κ2) is 9.02. The molecule has 2 heterocycles. The molecule has 1 atom stereocenters. The summed E-state index contributed by atoms with van der Waals surface area (Å²) in [6.45, 7) is -0.632. The molecule has 9 heteroatoms. The summed E-state index contributed by atoms with van der Waals surface area (Å²) in [6.07, 6.45) is 2.94. The number of ether oxygens (including phenoxy) is 2. The molecule has 3 aromatic rings. The van der Waals surface area contributed by atoms with E-state index in [4.69, 9.17) is 4.74 Å². The lowest BCUT2D eigenvalue weighted by atomic mass is 10.1. The summed E-state index contributed by atoms with van der Waals surface area (Å²) in [7, 11) is 0. The molecule has 0 radical (unpaired) electrons. The minimum absolute atomic E-state index is 0.00606. The van der Waals surface area contributed by atoms with Crippen LogP contribution >= 0.6 is 0 Å². The molecule has 0 spiro atoms. The van der Waals surface area contributed by atoms with E-state index in [9.17, 15) is 13.6 Å². The van der Waals surface area contributed by atoms with Gasteiger partial charge in [-0.05, 0) is 29.8 Å². The van der Waals surface area contributed by atoms with Gasteiger partial charge in [0, 0.05) is 31.0 Å². The monoisotopic (exact) mass is 414 g/mol. The topological polar surface area (TPSA) is 77.4 Å². The van der Waals surface area contributed by atoms with Gasteiger partial charge < -0.3 is 20.1 Å². The van der Waals surface area contributed by atoms with Gasteiger partial charge in [-0.3, -0.25) is 4.79 Å². The fraction of sp³-hybridized carbons (Fsp3) is 0.238. The molecule has 0 bridgehead atoms. The highest BCUT2D eigenvalue weighted by atomic mass is 19.3. The van der Waals surface area contributed by atoms with Crippen molar-refractivity contribution in [1.29, 1.82) is 0 Å². The molecular weight excluding hydrogens is 394 g/mol. The summed E-state index contributed by atoms with van der Waals surface area (Å²) >= 11 is 0. The van der Waals surface area contributed by atoms with Crippen LogP contribution in [0.4, 0.5) is 14.5 Å². The highest BCUT2D eigenvalue weighted by Crippen LogP contribution is 2.22. The Morgan fingerprint density at radius 1 is 1.27 bits per heavy atom. The van der Waals surface area contributed by atoms with Crippen molar-refractivity contribution in [2.45, 2.75) is 12.7 Å². The Morgan fingerprint density at radius 3 is 2.83 bits per heavy atom. The van der Waals surface area contributed by atoms with Crippen molar-refractivity contribution in [3.05, 3.63) is 72.1 Å². The average molecular weight is 414 g/mol. The van der Waals surface area contributed by atoms with Gasteiger partial charge >= 0.3 is 6.61 Å². The van der Waals surface area contributed by atoms with Gasteiger partial charge in [-0.25, -0.2) is 4.68 Å². The quantitative estimate of drug-likeness (QED) is 0.647. The zero-order chi connectivity index (χ0) is 20.9. The number of hydrogen-bond donors (Lipinski definition) is 2. The first-order valence-electron chi connectivity index (χ1n) is 9.42. The first-order chi connectivity index (χ1) is 14.6. The first kappa shape index (κ1) is 20.0. The van der Waals surface area contributed by atoms with Gasteiger partial charge in [-0.1, -0.05) is 18.2 Å². The SMILES string of the molecule is O=C(Nc1ccc(C2CNCCO2)cc1)c1cnn(-c2cccc(OC(F)F)c2)c1. The van der Waals surface area contributed by atoms with Gasteiger partial charge in [-0.2, -0.15) is 13.9 Å². The molecule has 1 unspecified atom stereocenters. The molecule has 30 heavy (non-hydrogen) atoms. The van der Waals surface area contributed by atoms with Crippen molar-refractivity contribution in [3.8, 4) is 11.4 Å². The number of nitrogens with one attached hydrogen (secondary N) is 2. The second-order valence-electron chi connectivity index (χ2n) is 6.69. The number of halogens is 2.